The Labute approximate surface area is 127 Å². The fourth-order valence-corrected chi connectivity index (χ4v) is 3.49. The number of nitrogens with zero attached hydrogens (tertiary/aromatic N) is 1. The summed E-state index contributed by atoms with van der Waals surface area (Å²) in [4.78, 5) is 4.45. The van der Waals surface area contributed by atoms with Gasteiger partial charge in [-0.15, -0.1) is 0 Å². The smallest absolute Gasteiger partial charge is 0.129 e. The molecule has 21 heavy (non-hydrogen) atoms. The second kappa shape index (κ2) is 6.93. The molecule has 2 heteroatoms. The molecule has 1 aromatic carbocycles. The number of benzene rings is 1. The summed E-state index contributed by atoms with van der Waals surface area (Å²) in [5, 5.41) is 0. The van der Waals surface area contributed by atoms with Crippen LogP contribution in [0.1, 0.15) is 57.4 Å². The van der Waals surface area contributed by atoms with Crippen LogP contribution in [0.5, 0.6) is 5.75 Å². The zero-order chi connectivity index (χ0) is 14.5. The Kier molecular flexibility index (Phi) is 4.74. The lowest BCUT2D eigenvalue weighted by atomic mass is 9.85. The zero-order valence-electron chi connectivity index (χ0n) is 12.9. The fourth-order valence-electron chi connectivity index (χ4n) is 3.49. The van der Waals surface area contributed by atoms with Crippen LogP contribution < -0.4 is 4.74 Å². The number of para-hydroxylation sites is 1. The molecule has 1 saturated carbocycles. The summed E-state index contributed by atoms with van der Waals surface area (Å²) >= 11 is 0. The Morgan fingerprint density at radius 2 is 2.00 bits per heavy atom. The lowest BCUT2D eigenvalue weighted by Crippen LogP contribution is -2.19. The van der Waals surface area contributed by atoms with Gasteiger partial charge in [-0.1, -0.05) is 50.3 Å². The first kappa shape index (κ1) is 14.4. The topological polar surface area (TPSA) is 21.6 Å². The number of hydrogen-bond donors (Lipinski definition) is 0. The van der Waals surface area contributed by atoms with Crippen LogP contribution in [0.3, 0.4) is 0 Å². The largest absolute Gasteiger partial charge is 0.490 e. The van der Waals surface area contributed by atoms with Gasteiger partial charge in [-0.3, -0.25) is 4.99 Å². The molecule has 112 valence electrons. The minimum atomic E-state index is 0.278. The van der Waals surface area contributed by atoms with Gasteiger partial charge in [-0.25, -0.2) is 0 Å². The minimum Gasteiger partial charge on any atom is -0.490 e. The monoisotopic (exact) mass is 283 g/mol. The van der Waals surface area contributed by atoms with E-state index in [0.717, 1.165) is 29.3 Å². The third-order valence-electron chi connectivity index (χ3n) is 4.53. The minimum absolute atomic E-state index is 0.278. The summed E-state index contributed by atoms with van der Waals surface area (Å²) in [6, 6.07) is 8.28. The summed E-state index contributed by atoms with van der Waals surface area (Å²) in [5.41, 5.74) is 2.18. The van der Waals surface area contributed by atoms with E-state index in [0.29, 0.717) is 0 Å². The number of ether oxygens (including phenoxy) is 1. The number of aliphatic imine (C=N–C) groups is 1. The lowest BCUT2D eigenvalue weighted by Gasteiger charge is -2.25. The molecule has 3 rings (SSSR count). The van der Waals surface area contributed by atoms with Gasteiger partial charge in [0.15, 0.2) is 0 Å². The predicted molar refractivity (Wildman–Crippen MR) is 88.8 cm³/mol. The van der Waals surface area contributed by atoms with Gasteiger partial charge in [-0.05, 0) is 31.4 Å². The van der Waals surface area contributed by atoms with E-state index in [1.165, 1.54) is 38.5 Å². The molecule has 0 aromatic heterocycles. The highest BCUT2D eigenvalue weighted by molar-refractivity contribution is 5.82. The van der Waals surface area contributed by atoms with Gasteiger partial charge >= 0.3 is 0 Å². The van der Waals surface area contributed by atoms with Crippen molar-refractivity contribution in [2.75, 3.05) is 0 Å². The molecule has 1 aliphatic heterocycles. The van der Waals surface area contributed by atoms with E-state index in [2.05, 4.69) is 36.2 Å². The van der Waals surface area contributed by atoms with E-state index in [-0.39, 0.29) is 6.10 Å². The normalized spacial score (nSPS) is 20.3. The Morgan fingerprint density at radius 3 is 2.76 bits per heavy atom. The van der Waals surface area contributed by atoms with E-state index >= 15 is 0 Å². The van der Waals surface area contributed by atoms with E-state index in [1.54, 1.807) is 0 Å². The fraction of sp³-hybridized carbons (Fsp3) is 0.526. The summed E-state index contributed by atoms with van der Waals surface area (Å²) in [7, 11) is 0. The molecule has 0 spiro atoms. The maximum absolute atomic E-state index is 6.25. The van der Waals surface area contributed by atoms with Crippen molar-refractivity contribution >= 4 is 11.9 Å². The van der Waals surface area contributed by atoms with Crippen LogP contribution in [0.2, 0.25) is 0 Å². The van der Waals surface area contributed by atoms with Gasteiger partial charge in [0.1, 0.15) is 5.75 Å². The van der Waals surface area contributed by atoms with E-state index in [4.69, 9.17) is 4.74 Å². The summed E-state index contributed by atoms with van der Waals surface area (Å²) in [6.45, 7) is 2.21. The van der Waals surface area contributed by atoms with E-state index < -0.39 is 0 Å². The predicted octanol–water partition coefficient (Wildman–Crippen LogP) is 5.24. The van der Waals surface area contributed by atoms with Crippen LogP contribution in [0.15, 0.2) is 35.3 Å². The molecule has 1 atom stereocenters. The third-order valence-corrected chi connectivity index (χ3v) is 4.53. The maximum atomic E-state index is 6.25. The highest BCUT2D eigenvalue weighted by Crippen LogP contribution is 2.32. The van der Waals surface area contributed by atoms with Crippen molar-refractivity contribution in [3.8, 4) is 5.75 Å². The van der Waals surface area contributed by atoms with Gasteiger partial charge in [-0.2, -0.15) is 0 Å². The number of rotatable bonds is 5. The van der Waals surface area contributed by atoms with Crippen molar-refractivity contribution in [3.63, 3.8) is 0 Å². The molecule has 0 N–H and O–H groups in total. The summed E-state index contributed by atoms with van der Waals surface area (Å²) < 4.78 is 6.25. The van der Waals surface area contributed by atoms with Crippen molar-refractivity contribution in [1.82, 2.24) is 0 Å². The van der Waals surface area contributed by atoms with Gasteiger partial charge in [0.25, 0.3) is 0 Å². The van der Waals surface area contributed by atoms with Crippen LogP contribution in [-0.2, 0) is 0 Å². The molecule has 2 nitrogen and oxygen atoms in total. The highest BCUT2D eigenvalue weighted by atomic mass is 16.5. The Balaban J connectivity index is 1.65. The Hall–Kier alpha value is -1.57. The standard InChI is InChI=1S/C19H25NO/c1-15(14-16-8-3-2-4-9-16)21-19-12-6-5-10-17(19)18-11-7-13-20-18/h5-6,10-13,15-16H,2-4,7-9,14H2,1H3. The maximum Gasteiger partial charge on any atom is 0.129 e. The summed E-state index contributed by atoms with van der Waals surface area (Å²) in [5.74, 6) is 1.83. The Morgan fingerprint density at radius 1 is 1.19 bits per heavy atom. The second-order valence-corrected chi connectivity index (χ2v) is 6.30. The van der Waals surface area contributed by atoms with Crippen molar-refractivity contribution in [3.05, 3.63) is 35.9 Å². The lowest BCUT2D eigenvalue weighted by molar-refractivity contribution is 0.168. The first-order chi connectivity index (χ1) is 10.3. The molecule has 1 fully saturated rings. The van der Waals surface area contributed by atoms with Crippen LogP contribution in [0, 0.1) is 5.92 Å². The second-order valence-electron chi connectivity index (χ2n) is 6.30. The highest BCUT2D eigenvalue weighted by Gasteiger charge is 2.18. The molecule has 0 saturated heterocycles. The van der Waals surface area contributed by atoms with E-state index in [9.17, 15) is 0 Å². The molecule has 1 unspecified atom stereocenters. The third kappa shape index (κ3) is 3.75. The van der Waals surface area contributed by atoms with Gasteiger partial charge in [0.2, 0.25) is 0 Å². The Bertz CT molecular complexity index is 526. The first-order valence-corrected chi connectivity index (χ1v) is 8.31. The number of allylic oxidation sites excluding steroid dienone is 1. The van der Waals surface area contributed by atoms with Gasteiger partial charge in [0, 0.05) is 18.2 Å². The van der Waals surface area contributed by atoms with Crippen molar-refractivity contribution in [2.24, 2.45) is 10.9 Å². The zero-order valence-corrected chi connectivity index (χ0v) is 12.9. The molecule has 2 aliphatic rings. The molecule has 1 heterocycles. The van der Waals surface area contributed by atoms with Crippen molar-refractivity contribution in [1.29, 1.82) is 0 Å². The molecule has 1 aromatic rings. The average molecular weight is 283 g/mol. The quantitative estimate of drug-likeness (QED) is 0.724. The van der Waals surface area contributed by atoms with Crippen molar-refractivity contribution < 1.29 is 4.74 Å². The van der Waals surface area contributed by atoms with Crippen LogP contribution >= 0.6 is 0 Å². The van der Waals surface area contributed by atoms with Crippen molar-refractivity contribution in [2.45, 2.75) is 58.0 Å². The SMILES string of the molecule is CC(CC1CCCCC1)Oc1ccccc1C1=CCC=N1. The number of hydrogen-bond acceptors (Lipinski definition) is 2. The van der Waals surface area contributed by atoms with Gasteiger partial charge in [0.05, 0.1) is 11.8 Å². The first-order valence-electron chi connectivity index (χ1n) is 8.31. The van der Waals surface area contributed by atoms with Crippen LogP contribution in [0.4, 0.5) is 0 Å². The van der Waals surface area contributed by atoms with Gasteiger partial charge < -0.3 is 4.74 Å². The van der Waals surface area contributed by atoms with E-state index in [1.807, 2.05) is 12.3 Å². The average Bonchev–Trinajstić information content (AvgIpc) is 3.03. The molecular weight excluding hydrogens is 258 g/mol. The molecule has 0 amide bonds. The molecule has 0 bridgehead atoms. The van der Waals surface area contributed by atoms with Crippen LogP contribution in [0.25, 0.3) is 5.70 Å². The van der Waals surface area contributed by atoms with Crippen LogP contribution in [-0.4, -0.2) is 12.3 Å². The molecule has 1 aliphatic carbocycles. The summed E-state index contributed by atoms with van der Waals surface area (Å²) in [6.07, 6.45) is 13.5. The molecular formula is C19H25NO. The molecule has 0 radical (unpaired) electrons.